The number of nitrogens with two attached hydrogens (primary N) is 1. The van der Waals surface area contributed by atoms with Gasteiger partial charge in [-0.15, -0.1) is 0 Å². The molecule has 17 heavy (non-hydrogen) atoms. The number of rotatable bonds is 2. The van der Waals surface area contributed by atoms with Gasteiger partial charge >= 0.3 is 0 Å². The van der Waals surface area contributed by atoms with Crippen LogP contribution in [0.2, 0.25) is 0 Å². The van der Waals surface area contributed by atoms with Gasteiger partial charge in [0.1, 0.15) is 5.69 Å². The molecule has 0 aliphatic carbocycles. The van der Waals surface area contributed by atoms with Crippen molar-refractivity contribution >= 4 is 5.91 Å². The van der Waals surface area contributed by atoms with Crippen LogP contribution in [0.4, 0.5) is 0 Å². The Morgan fingerprint density at radius 3 is 3.06 bits per heavy atom. The van der Waals surface area contributed by atoms with E-state index in [9.17, 15) is 4.79 Å². The van der Waals surface area contributed by atoms with Gasteiger partial charge in [-0.2, -0.15) is 0 Å². The summed E-state index contributed by atoms with van der Waals surface area (Å²) in [6.45, 7) is 4.23. The minimum atomic E-state index is -0.0376. The van der Waals surface area contributed by atoms with Crippen LogP contribution in [-0.4, -0.2) is 41.6 Å². The molecule has 1 unspecified atom stereocenters. The van der Waals surface area contributed by atoms with Gasteiger partial charge in [-0.05, 0) is 18.6 Å². The van der Waals surface area contributed by atoms with Crippen LogP contribution in [0.25, 0.3) is 0 Å². The Morgan fingerprint density at radius 2 is 2.47 bits per heavy atom. The molecule has 1 aliphatic rings. The summed E-state index contributed by atoms with van der Waals surface area (Å²) >= 11 is 0. The first-order valence-corrected chi connectivity index (χ1v) is 5.76. The molecule has 1 aromatic rings. The van der Waals surface area contributed by atoms with E-state index >= 15 is 0 Å². The van der Waals surface area contributed by atoms with Gasteiger partial charge in [-0.25, -0.2) is 0 Å². The van der Waals surface area contributed by atoms with Crippen LogP contribution in [0.5, 0.6) is 0 Å². The van der Waals surface area contributed by atoms with Crippen molar-refractivity contribution in [3.63, 3.8) is 0 Å². The van der Waals surface area contributed by atoms with Gasteiger partial charge in [0.2, 0.25) is 0 Å². The number of nitrogens with zero attached hydrogens (tertiary/aromatic N) is 2. The van der Waals surface area contributed by atoms with Gasteiger partial charge < -0.3 is 15.4 Å². The molecule has 0 bridgehead atoms. The van der Waals surface area contributed by atoms with E-state index in [1.807, 2.05) is 13.0 Å². The molecule has 5 nitrogen and oxygen atoms in total. The first-order valence-electron chi connectivity index (χ1n) is 5.76. The van der Waals surface area contributed by atoms with Crippen LogP contribution < -0.4 is 5.73 Å². The molecule has 1 fully saturated rings. The fourth-order valence-electron chi connectivity index (χ4n) is 1.85. The normalized spacial score (nSPS) is 20.4. The third-order valence-corrected chi connectivity index (χ3v) is 2.91. The summed E-state index contributed by atoms with van der Waals surface area (Å²) in [5.41, 5.74) is 6.88. The fourth-order valence-corrected chi connectivity index (χ4v) is 1.85. The SMILES string of the molecule is CC1COCCN1C(=O)c1ccc(CN)cn1. The molecule has 0 spiro atoms. The number of morpholine rings is 1. The summed E-state index contributed by atoms with van der Waals surface area (Å²) in [6, 6.07) is 3.67. The van der Waals surface area contributed by atoms with Crippen molar-refractivity contribution in [1.29, 1.82) is 0 Å². The average Bonchev–Trinajstić information content (AvgIpc) is 2.39. The zero-order chi connectivity index (χ0) is 12.3. The van der Waals surface area contributed by atoms with Crippen LogP contribution in [0.1, 0.15) is 23.0 Å². The van der Waals surface area contributed by atoms with E-state index in [4.69, 9.17) is 10.5 Å². The summed E-state index contributed by atoms with van der Waals surface area (Å²) in [5, 5.41) is 0. The molecule has 1 aliphatic heterocycles. The highest BCUT2D eigenvalue weighted by molar-refractivity contribution is 5.92. The largest absolute Gasteiger partial charge is 0.377 e. The molecular formula is C12H17N3O2. The monoisotopic (exact) mass is 235 g/mol. The topological polar surface area (TPSA) is 68.5 Å². The molecule has 1 saturated heterocycles. The second-order valence-electron chi connectivity index (χ2n) is 4.18. The molecule has 2 N–H and O–H groups in total. The minimum Gasteiger partial charge on any atom is -0.377 e. The Kier molecular flexibility index (Phi) is 3.71. The van der Waals surface area contributed by atoms with Gasteiger partial charge in [-0.3, -0.25) is 9.78 Å². The van der Waals surface area contributed by atoms with Gasteiger partial charge in [0.15, 0.2) is 0 Å². The molecule has 5 heteroatoms. The van der Waals surface area contributed by atoms with E-state index < -0.39 is 0 Å². The highest BCUT2D eigenvalue weighted by atomic mass is 16.5. The van der Waals surface area contributed by atoms with Crippen LogP contribution in [0, 0.1) is 0 Å². The predicted molar refractivity (Wildman–Crippen MR) is 63.4 cm³/mol. The van der Waals surface area contributed by atoms with Crippen molar-refractivity contribution in [2.45, 2.75) is 19.5 Å². The minimum absolute atomic E-state index is 0.0376. The number of carbonyl (C=O) groups is 1. The molecule has 1 amide bonds. The van der Waals surface area contributed by atoms with Crippen molar-refractivity contribution in [3.05, 3.63) is 29.6 Å². The Labute approximate surface area is 101 Å². The van der Waals surface area contributed by atoms with Gasteiger partial charge in [0.05, 0.1) is 19.3 Å². The number of hydrogen-bond acceptors (Lipinski definition) is 4. The Bertz CT molecular complexity index is 391. The maximum Gasteiger partial charge on any atom is 0.272 e. The van der Waals surface area contributed by atoms with Gasteiger partial charge in [0, 0.05) is 19.3 Å². The molecule has 1 aromatic heterocycles. The molecule has 2 rings (SSSR count). The Hall–Kier alpha value is -1.46. The summed E-state index contributed by atoms with van der Waals surface area (Å²) in [4.78, 5) is 18.1. The van der Waals surface area contributed by atoms with Gasteiger partial charge in [0.25, 0.3) is 5.91 Å². The lowest BCUT2D eigenvalue weighted by Gasteiger charge is -2.33. The summed E-state index contributed by atoms with van der Waals surface area (Å²) in [6.07, 6.45) is 1.65. The van der Waals surface area contributed by atoms with Gasteiger partial charge in [-0.1, -0.05) is 6.07 Å². The van der Waals surface area contributed by atoms with Crippen molar-refractivity contribution in [2.75, 3.05) is 19.8 Å². The lowest BCUT2D eigenvalue weighted by Crippen LogP contribution is -2.47. The second-order valence-corrected chi connectivity index (χ2v) is 4.18. The third-order valence-electron chi connectivity index (χ3n) is 2.91. The molecule has 1 atom stereocenters. The zero-order valence-corrected chi connectivity index (χ0v) is 9.93. The smallest absolute Gasteiger partial charge is 0.272 e. The molecule has 0 aromatic carbocycles. The van der Waals surface area contributed by atoms with Crippen molar-refractivity contribution in [1.82, 2.24) is 9.88 Å². The molecule has 0 saturated carbocycles. The van der Waals surface area contributed by atoms with E-state index in [-0.39, 0.29) is 11.9 Å². The fraction of sp³-hybridized carbons (Fsp3) is 0.500. The van der Waals surface area contributed by atoms with E-state index in [2.05, 4.69) is 4.98 Å². The Balaban J connectivity index is 2.12. The third kappa shape index (κ3) is 2.62. The molecular weight excluding hydrogens is 218 g/mol. The van der Waals surface area contributed by atoms with Crippen LogP contribution >= 0.6 is 0 Å². The number of amides is 1. The average molecular weight is 235 g/mol. The van der Waals surface area contributed by atoms with Crippen molar-refractivity contribution < 1.29 is 9.53 Å². The maximum absolute atomic E-state index is 12.2. The number of ether oxygens (including phenoxy) is 1. The van der Waals surface area contributed by atoms with E-state index in [0.717, 1.165) is 5.56 Å². The maximum atomic E-state index is 12.2. The number of aromatic nitrogens is 1. The number of hydrogen-bond donors (Lipinski definition) is 1. The number of pyridine rings is 1. The van der Waals surface area contributed by atoms with Crippen molar-refractivity contribution in [2.24, 2.45) is 5.73 Å². The summed E-state index contributed by atoms with van der Waals surface area (Å²) in [5.74, 6) is -0.0376. The second kappa shape index (κ2) is 5.25. The molecule has 92 valence electrons. The first kappa shape index (κ1) is 12.0. The predicted octanol–water partition coefficient (Wildman–Crippen LogP) is 0.401. The van der Waals surface area contributed by atoms with Crippen LogP contribution in [0.3, 0.4) is 0 Å². The van der Waals surface area contributed by atoms with Crippen molar-refractivity contribution in [3.8, 4) is 0 Å². The Morgan fingerprint density at radius 1 is 1.65 bits per heavy atom. The summed E-state index contributed by atoms with van der Waals surface area (Å²) in [7, 11) is 0. The molecule has 0 radical (unpaired) electrons. The van der Waals surface area contributed by atoms with Crippen LogP contribution in [-0.2, 0) is 11.3 Å². The van der Waals surface area contributed by atoms with E-state index in [0.29, 0.717) is 32.0 Å². The standard InChI is InChI=1S/C12H17N3O2/c1-9-8-17-5-4-15(9)12(16)11-3-2-10(6-13)7-14-11/h2-3,7,9H,4-6,8,13H2,1H3. The highest BCUT2D eigenvalue weighted by Crippen LogP contribution is 2.11. The van der Waals surface area contributed by atoms with E-state index in [1.54, 1.807) is 17.2 Å². The lowest BCUT2D eigenvalue weighted by molar-refractivity contribution is 0.00327. The first-order chi connectivity index (χ1) is 8.22. The van der Waals surface area contributed by atoms with Crippen LogP contribution in [0.15, 0.2) is 18.3 Å². The summed E-state index contributed by atoms with van der Waals surface area (Å²) < 4.78 is 5.30. The quantitative estimate of drug-likeness (QED) is 0.805. The zero-order valence-electron chi connectivity index (χ0n) is 9.93. The highest BCUT2D eigenvalue weighted by Gasteiger charge is 2.25. The number of carbonyl (C=O) groups excluding carboxylic acids is 1. The molecule has 2 heterocycles. The lowest BCUT2D eigenvalue weighted by atomic mass is 10.2. The van der Waals surface area contributed by atoms with E-state index in [1.165, 1.54) is 0 Å².